The standard InChI is InChI=1S/C27H33N5O5/c1-19-6-11-23-22(18-19)24(25(32(35)36)27(34)31(23)13-5-12-28(2)3)29-14-16-30(17-15-29)26(33)20-7-9-21(37-4)10-8-20/h6-11,18H,5,12-17H2,1-4H3. The van der Waals surface area contributed by atoms with Gasteiger partial charge in [-0.1, -0.05) is 11.6 Å². The number of nitro groups is 1. The number of aromatic nitrogens is 1. The highest BCUT2D eigenvalue weighted by atomic mass is 16.6. The van der Waals surface area contributed by atoms with E-state index < -0.39 is 16.2 Å². The van der Waals surface area contributed by atoms with Gasteiger partial charge in [0.25, 0.3) is 5.91 Å². The number of rotatable bonds is 8. The molecule has 1 aromatic heterocycles. The van der Waals surface area contributed by atoms with Gasteiger partial charge in [0.05, 0.1) is 17.5 Å². The maximum Gasteiger partial charge on any atom is 0.357 e. The van der Waals surface area contributed by atoms with E-state index in [4.69, 9.17) is 4.74 Å². The van der Waals surface area contributed by atoms with E-state index in [2.05, 4.69) is 0 Å². The van der Waals surface area contributed by atoms with E-state index in [1.807, 2.05) is 49.0 Å². The van der Waals surface area contributed by atoms with Crippen LogP contribution in [0, 0.1) is 17.0 Å². The highest BCUT2D eigenvalue weighted by Crippen LogP contribution is 2.35. The number of hydrogen-bond donors (Lipinski definition) is 0. The molecule has 4 rings (SSSR count). The number of hydrogen-bond acceptors (Lipinski definition) is 7. The van der Waals surface area contributed by atoms with Gasteiger partial charge >= 0.3 is 11.2 Å². The van der Waals surface area contributed by atoms with E-state index in [0.29, 0.717) is 67.0 Å². The number of carbonyl (C=O) groups is 1. The Bertz CT molecular complexity index is 1360. The fourth-order valence-corrected chi connectivity index (χ4v) is 4.84. The predicted octanol–water partition coefficient (Wildman–Crippen LogP) is 3.14. The van der Waals surface area contributed by atoms with Crippen molar-refractivity contribution in [2.24, 2.45) is 0 Å². The number of benzene rings is 2. The van der Waals surface area contributed by atoms with Gasteiger partial charge in [0.1, 0.15) is 11.4 Å². The van der Waals surface area contributed by atoms with Gasteiger partial charge in [-0.2, -0.15) is 0 Å². The summed E-state index contributed by atoms with van der Waals surface area (Å²) in [6, 6.07) is 12.6. The van der Waals surface area contributed by atoms with Crippen LogP contribution in [0.3, 0.4) is 0 Å². The summed E-state index contributed by atoms with van der Waals surface area (Å²) in [6.07, 6.45) is 0.693. The first kappa shape index (κ1) is 26.2. The summed E-state index contributed by atoms with van der Waals surface area (Å²) in [5.74, 6) is 0.570. The normalized spacial score (nSPS) is 13.9. The smallest absolute Gasteiger partial charge is 0.357 e. The number of carbonyl (C=O) groups excluding carboxylic acids is 1. The highest BCUT2D eigenvalue weighted by Gasteiger charge is 2.32. The second-order valence-electron chi connectivity index (χ2n) is 9.60. The van der Waals surface area contributed by atoms with Gasteiger partial charge in [-0.15, -0.1) is 0 Å². The fraction of sp³-hybridized carbons (Fsp3) is 0.407. The van der Waals surface area contributed by atoms with E-state index in [0.717, 1.165) is 12.1 Å². The van der Waals surface area contributed by atoms with Crippen molar-refractivity contribution < 1.29 is 14.5 Å². The van der Waals surface area contributed by atoms with Gasteiger partial charge in [0.15, 0.2) is 0 Å². The number of ether oxygens (including phenoxy) is 1. The number of amides is 1. The molecule has 0 unspecified atom stereocenters. The van der Waals surface area contributed by atoms with Gasteiger partial charge in [0.2, 0.25) is 0 Å². The van der Waals surface area contributed by atoms with Crippen molar-refractivity contribution in [2.45, 2.75) is 19.9 Å². The molecule has 1 aliphatic rings. The average Bonchev–Trinajstić information content (AvgIpc) is 2.89. The van der Waals surface area contributed by atoms with Crippen LogP contribution in [0.2, 0.25) is 0 Å². The van der Waals surface area contributed by atoms with Gasteiger partial charge in [0, 0.05) is 43.7 Å². The Labute approximate surface area is 215 Å². The molecule has 1 aliphatic heterocycles. The quantitative estimate of drug-likeness (QED) is 0.341. The number of nitrogens with zero attached hydrogens (tertiary/aromatic N) is 5. The van der Waals surface area contributed by atoms with Gasteiger partial charge in [-0.25, -0.2) is 0 Å². The molecule has 196 valence electrons. The van der Waals surface area contributed by atoms with E-state index in [1.54, 1.807) is 36.3 Å². The topological polar surface area (TPSA) is 101 Å². The van der Waals surface area contributed by atoms with Crippen molar-refractivity contribution in [3.05, 3.63) is 74.1 Å². The van der Waals surface area contributed by atoms with E-state index in [1.165, 1.54) is 4.57 Å². The first-order valence-corrected chi connectivity index (χ1v) is 12.4. The van der Waals surface area contributed by atoms with E-state index in [-0.39, 0.29) is 5.91 Å². The third-order valence-electron chi connectivity index (χ3n) is 6.76. The minimum atomic E-state index is -0.591. The van der Waals surface area contributed by atoms with Crippen LogP contribution in [0.25, 0.3) is 10.9 Å². The van der Waals surface area contributed by atoms with Crippen LogP contribution < -0.4 is 15.2 Å². The molecule has 10 heteroatoms. The number of aryl methyl sites for hydroxylation is 2. The van der Waals surface area contributed by atoms with Crippen molar-refractivity contribution in [2.75, 3.05) is 58.8 Å². The molecule has 1 saturated heterocycles. The summed E-state index contributed by atoms with van der Waals surface area (Å²) in [6.45, 7) is 4.64. The van der Waals surface area contributed by atoms with Gasteiger partial charge in [-0.3, -0.25) is 19.7 Å². The molecule has 10 nitrogen and oxygen atoms in total. The van der Waals surface area contributed by atoms with E-state index in [9.17, 15) is 19.7 Å². The Hall–Kier alpha value is -3.92. The lowest BCUT2D eigenvalue weighted by atomic mass is 10.1. The minimum absolute atomic E-state index is 0.103. The average molecular weight is 508 g/mol. The first-order chi connectivity index (χ1) is 17.7. The second kappa shape index (κ2) is 11.0. The summed E-state index contributed by atoms with van der Waals surface area (Å²) in [5, 5.41) is 12.9. The van der Waals surface area contributed by atoms with Crippen molar-refractivity contribution in [1.29, 1.82) is 0 Å². The number of anilines is 1. The first-order valence-electron chi connectivity index (χ1n) is 12.4. The summed E-state index contributed by atoms with van der Waals surface area (Å²) < 4.78 is 6.70. The number of pyridine rings is 1. The summed E-state index contributed by atoms with van der Waals surface area (Å²) in [5.41, 5.74) is 1.54. The molecule has 1 amide bonds. The Morgan fingerprint density at radius 1 is 1.08 bits per heavy atom. The van der Waals surface area contributed by atoms with Gasteiger partial charge in [-0.05, 0) is 70.4 Å². The zero-order valence-corrected chi connectivity index (χ0v) is 21.8. The van der Waals surface area contributed by atoms with Crippen molar-refractivity contribution in [1.82, 2.24) is 14.4 Å². The number of methoxy groups -OCH3 is 1. The number of piperazine rings is 1. The summed E-state index contributed by atoms with van der Waals surface area (Å²) in [4.78, 5) is 43.8. The maximum atomic E-state index is 13.5. The molecular formula is C27H33N5O5. The molecule has 0 N–H and O–H groups in total. The van der Waals surface area contributed by atoms with Crippen LogP contribution in [0.4, 0.5) is 11.4 Å². The third kappa shape index (κ3) is 5.43. The Morgan fingerprint density at radius 2 is 1.76 bits per heavy atom. The molecule has 2 heterocycles. The zero-order chi connectivity index (χ0) is 26.7. The largest absolute Gasteiger partial charge is 0.497 e. The zero-order valence-electron chi connectivity index (χ0n) is 21.8. The van der Waals surface area contributed by atoms with Crippen LogP contribution in [0.15, 0.2) is 47.3 Å². The van der Waals surface area contributed by atoms with Crippen LogP contribution in [0.5, 0.6) is 5.75 Å². The van der Waals surface area contributed by atoms with Crippen molar-refractivity contribution in [3.63, 3.8) is 0 Å². The second-order valence-corrected chi connectivity index (χ2v) is 9.60. The lowest BCUT2D eigenvalue weighted by Gasteiger charge is -2.36. The van der Waals surface area contributed by atoms with Crippen molar-refractivity contribution in [3.8, 4) is 5.75 Å². The molecule has 0 bridgehead atoms. The SMILES string of the molecule is COc1ccc(C(=O)N2CCN(c3c([N+](=O)[O-])c(=O)n(CCCN(C)C)c4ccc(C)cc34)CC2)cc1. The van der Waals surface area contributed by atoms with Crippen LogP contribution in [-0.2, 0) is 6.54 Å². The predicted molar refractivity (Wildman–Crippen MR) is 144 cm³/mol. The minimum Gasteiger partial charge on any atom is -0.497 e. The monoisotopic (exact) mass is 507 g/mol. The molecule has 1 fully saturated rings. The molecule has 37 heavy (non-hydrogen) atoms. The lowest BCUT2D eigenvalue weighted by molar-refractivity contribution is -0.385. The molecule has 3 aromatic rings. The molecule has 2 aromatic carbocycles. The van der Waals surface area contributed by atoms with Gasteiger partial charge < -0.3 is 24.0 Å². The van der Waals surface area contributed by atoms with Crippen molar-refractivity contribution >= 4 is 28.2 Å². The van der Waals surface area contributed by atoms with E-state index >= 15 is 0 Å². The molecule has 0 saturated carbocycles. The fourth-order valence-electron chi connectivity index (χ4n) is 4.84. The van der Waals surface area contributed by atoms with Crippen LogP contribution >= 0.6 is 0 Å². The molecule has 0 aliphatic carbocycles. The summed E-state index contributed by atoms with van der Waals surface area (Å²) >= 11 is 0. The summed E-state index contributed by atoms with van der Waals surface area (Å²) in [7, 11) is 5.48. The van der Waals surface area contributed by atoms with Crippen LogP contribution in [-0.4, -0.2) is 79.1 Å². The molecule has 0 spiro atoms. The lowest BCUT2D eigenvalue weighted by Crippen LogP contribution is -2.49. The highest BCUT2D eigenvalue weighted by molar-refractivity contribution is 5.98. The third-order valence-corrected chi connectivity index (χ3v) is 6.76. The molecule has 0 atom stereocenters. The maximum absolute atomic E-state index is 13.5. The Kier molecular flexibility index (Phi) is 7.77. The number of fused-ring (bicyclic) bond motifs is 1. The molecule has 0 radical (unpaired) electrons. The molecular weight excluding hydrogens is 474 g/mol. The Morgan fingerprint density at radius 3 is 2.35 bits per heavy atom. The van der Waals surface area contributed by atoms with Crippen LogP contribution in [0.1, 0.15) is 22.3 Å². The Balaban J connectivity index is 1.67.